The van der Waals surface area contributed by atoms with Gasteiger partial charge in [0.25, 0.3) is 0 Å². The second-order valence-corrected chi connectivity index (χ2v) is 32.8. The standard InChI is InChI=1S/C19H28ClNO2.C18H26ClNO.C18H26FNO3.C18H26FNO2.C16H22ClNO2/c1-13(2)19(22)18(14-4-6-15(20)7-5-14)12-21-16-8-10-17(23-3)11-9-16;1-13(2)18(21)17(14-8-10-15(19)11-9-14)12-20-16-6-4-3-5-7-16;1-12(2)18(21)15(11-20-14-6-8-23-9-7-14)13-4-5-17(22-3)16(19)10-13;1-12(2)18(21)16(11-20-15-6-8-22-9-7-15)14-5-4-13(3)17(19)10-14;1-11(2)16(19)15(9-18-14-7-8-20-10-14)12-3-5-13(17)6-4-12/h4-7,13,16-18,21H,8-12H2,1-3H3;8-11,13,16-17,20H,3-7,12H2,1-2H3;4-5,10,12,14-15,20H,6-9,11H2,1-3H3;4-5,10,12,15-16,20H,6-9,11H2,1-3H3;3-6,11,14-15,18H,7-10H2,1-2H3/t16?,17?,18-;17-;15-;16-;14-,15+/m11110/s1. The van der Waals surface area contributed by atoms with Crippen molar-refractivity contribution in [1.82, 2.24) is 26.6 Å². The second kappa shape index (κ2) is 49.3. The van der Waals surface area contributed by atoms with Gasteiger partial charge in [-0.15, -0.1) is 0 Å². The first-order valence-electron chi connectivity index (χ1n) is 40.1. The minimum atomic E-state index is -0.433. The monoisotopic (exact) mass is 1570 g/mol. The molecule has 0 unspecified atom stereocenters. The van der Waals surface area contributed by atoms with Gasteiger partial charge in [0.2, 0.25) is 0 Å². The summed E-state index contributed by atoms with van der Waals surface area (Å²) in [6.07, 6.45) is 16.1. The molecule has 3 saturated heterocycles. The molecule has 3 heterocycles. The third kappa shape index (κ3) is 31.8. The Morgan fingerprint density at radius 1 is 0.376 bits per heavy atom. The minimum absolute atomic E-state index is 0.0253. The molecule has 5 aliphatic rings. The van der Waals surface area contributed by atoms with E-state index < -0.39 is 5.82 Å². The molecule has 0 amide bonds. The summed E-state index contributed by atoms with van der Waals surface area (Å²) in [5, 5.41) is 19.7. The molecule has 15 nitrogen and oxygen atoms in total. The molecule has 20 heteroatoms. The Morgan fingerprint density at radius 3 is 0.982 bits per heavy atom. The van der Waals surface area contributed by atoms with Crippen LogP contribution in [0.1, 0.15) is 222 Å². The Hall–Kier alpha value is -5.38. The van der Waals surface area contributed by atoms with Crippen LogP contribution in [0.5, 0.6) is 5.75 Å². The zero-order chi connectivity index (χ0) is 79.5. The van der Waals surface area contributed by atoms with Crippen LogP contribution in [0.15, 0.2) is 109 Å². The van der Waals surface area contributed by atoms with E-state index in [9.17, 15) is 32.8 Å². The summed E-state index contributed by atoms with van der Waals surface area (Å²) >= 11 is 17.9. The van der Waals surface area contributed by atoms with E-state index in [4.69, 9.17) is 58.5 Å². The number of hydrogen-bond acceptors (Lipinski definition) is 15. The van der Waals surface area contributed by atoms with Crippen LogP contribution >= 0.6 is 34.8 Å². The highest BCUT2D eigenvalue weighted by molar-refractivity contribution is 6.31. The lowest BCUT2D eigenvalue weighted by molar-refractivity contribution is -0.124. The van der Waals surface area contributed by atoms with Crippen molar-refractivity contribution in [3.63, 3.8) is 0 Å². The molecule has 6 atom stereocenters. The molecule has 5 fully saturated rings. The van der Waals surface area contributed by atoms with Crippen molar-refractivity contribution in [2.45, 2.75) is 232 Å². The second-order valence-electron chi connectivity index (χ2n) is 31.5. The maximum absolute atomic E-state index is 14.0. The normalized spacial score (nSPS) is 19.2. The molecule has 2 saturated carbocycles. The smallest absolute Gasteiger partial charge is 0.165 e. The lowest BCUT2D eigenvalue weighted by Gasteiger charge is -2.30. The van der Waals surface area contributed by atoms with Gasteiger partial charge in [0.1, 0.15) is 34.7 Å². The molecule has 604 valence electrons. The van der Waals surface area contributed by atoms with Gasteiger partial charge in [-0.2, -0.15) is 0 Å². The van der Waals surface area contributed by atoms with Crippen LogP contribution in [0.25, 0.3) is 0 Å². The highest BCUT2D eigenvalue weighted by Gasteiger charge is 2.32. The van der Waals surface area contributed by atoms with E-state index in [1.54, 1.807) is 32.2 Å². The quantitative estimate of drug-likeness (QED) is 0.0273. The molecule has 109 heavy (non-hydrogen) atoms. The fraction of sp³-hybridized carbons (Fsp3) is 0.607. The molecular weight excluding hydrogens is 1440 g/mol. The van der Waals surface area contributed by atoms with E-state index in [1.165, 1.54) is 51.3 Å². The zero-order valence-corrected chi connectivity index (χ0v) is 69.5. The molecule has 5 N–H and O–H groups in total. The van der Waals surface area contributed by atoms with E-state index in [-0.39, 0.29) is 93.9 Å². The summed E-state index contributed by atoms with van der Waals surface area (Å²) < 4.78 is 54.3. The van der Waals surface area contributed by atoms with Crippen LogP contribution in [0, 0.1) is 48.1 Å². The number of ketones is 5. The van der Waals surface area contributed by atoms with Crippen LogP contribution in [0.2, 0.25) is 15.1 Å². The molecule has 5 aromatic carbocycles. The number of benzene rings is 5. The summed E-state index contributed by atoms with van der Waals surface area (Å²) in [5.41, 5.74) is 5.21. The summed E-state index contributed by atoms with van der Waals surface area (Å²) in [5.74, 6) is -0.336. The average Bonchev–Trinajstić information content (AvgIpc) is 1.35. The molecule has 3 aliphatic heterocycles. The van der Waals surface area contributed by atoms with Crippen LogP contribution in [0.3, 0.4) is 0 Å². The van der Waals surface area contributed by atoms with Gasteiger partial charge >= 0.3 is 0 Å². The van der Waals surface area contributed by atoms with Gasteiger partial charge in [0.15, 0.2) is 11.6 Å². The number of nitrogens with one attached hydrogen (secondary N) is 5. The Kier molecular flexibility index (Phi) is 41.8. The third-order valence-electron chi connectivity index (χ3n) is 21.6. The van der Waals surface area contributed by atoms with Crippen LogP contribution < -0.4 is 31.3 Å². The van der Waals surface area contributed by atoms with Crippen molar-refractivity contribution in [1.29, 1.82) is 0 Å². The van der Waals surface area contributed by atoms with Gasteiger partial charge in [0, 0.05) is 148 Å². The van der Waals surface area contributed by atoms with Crippen LogP contribution in [-0.4, -0.2) is 152 Å². The minimum Gasteiger partial charge on any atom is -0.494 e. The van der Waals surface area contributed by atoms with Crippen molar-refractivity contribution < 1.29 is 56.4 Å². The molecule has 2 aliphatic carbocycles. The summed E-state index contributed by atoms with van der Waals surface area (Å²) in [7, 11) is 3.22. The predicted octanol–water partition coefficient (Wildman–Crippen LogP) is 17.9. The van der Waals surface area contributed by atoms with Crippen molar-refractivity contribution >= 4 is 63.7 Å². The Morgan fingerprint density at radius 2 is 0.670 bits per heavy atom. The number of aryl methyl sites for hydroxylation is 1. The van der Waals surface area contributed by atoms with E-state index in [0.29, 0.717) is 89.4 Å². The Labute approximate surface area is 666 Å². The highest BCUT2D eigenvalue weighted by atomic mass is 35.5. The Balaban J connectivity index is 0.000000213. The zero-order valence-electron chi connectivity index (χ0n) is 67.3. The lowest BCUT2D eigenvalue weighted by Crippen LogP contribution is -2.39. The average molecular weight is 1570 g/mol. The number of carbonyl (C=O) groups excluding carboxylic acids is 5. The number of halogens is 5. The number of ether oxygens (including phenoxy) is 5. The molecule has 10 rings (SSSR count). The molecule has 0 bridgehead atoms. The van der Waals surface area contributed by atoms with E-state index in [2.05, 4.69) is 26.6 Å². The number of Topliss-reactive ketones (excluding diaryl/α,β-unsaturated/α-hetero) is 5. The molecule has 5 aromatic rings. The summed E-state index contributed by atoms with van der Waals surface area (Å²) in [6, 6.07) is 35.0. The van der Waals surface area contributed by atoms with Gasteiger partial charge in [-0.05, 0) is 166 Å². The Bertz CT molecular complexity index is 3480. The number of methoxy groups -OCH3 is 2. The van der Waals surface area contributed by atoms with Gasteiger partial charge in [-0.25, -0.2) is 8.78 Å². The number of carbonyl (C=O) groups is 5. The topological polar surface area (TPSA) is 192 Å². The number of hydrogen-bond donors (Lipinski definition) is 5. The van der Waals surface area contributed by atoms with Gasteiger partial charge in [0.05, 0.1) is 49.4 Å². The third-order valence-corrected chi connectivity index (χ3v) is 22.4. The highest BCUT2D eigenvalue weighted by Crippen LogP contribution is 2.31. The van der Waals surface area contributed by atoms with Crippen molar-refractivity contribution in [3.05, 3.63) is 169 Å². The summed E-state index contributed by atoms with van der Waals surface area (Å²) in [4.78, 5) is 62.7. The molecular formula is C89H128Cl3F2N5O10. The van der Waals surface area contributed by atoms with Crippen LogP contribution in [0.4, 0.5) is 8.78 Å². The van der Waals surface area contributed by atoms with Crippen molar-refractivity contribution in [2.75, 3.05) is 86.6 Å². The summed E-state index contributed by atoms with van der Waals surface area (Å²) in [6.45, 7) is 28.8. The maximum atomic E-state index is 14.0. The molecule has 0 spiro atoms. The predicted molar refractivity (Wildman–Crippen MR) is 438 cm³/mol. The molecule has 0 aromatic heterocycles. The van der Waals surface area contributed by atoms with Crippen LogP contribution in [-0.2, 0) is 42.9 Å². The fourth-order valence-electron chi connectivity index (χ4n) is 14.5. The largest absolute Gasteiger partial charge is 0.494 e. The number of rotatable bonds is 32. The van der Waals surface area contributed by atoms with Crippen molar-refractivity contribution in [3.8, 4) is 5.75 Å². The van der Waals surface area contributed by atoms with Gasteiger partial charge in [-0.3, -0.25) is 24.0 Å². The maximum Gasteiger partial charge on any atom is 0.165 e. The van der Waals surface area contributed by atoms with E-state index >= 15 is 0 Å². The van der Waals surface area contributed by atoms with E-state index in [1.807, 2.05) is 148 Å². The SMILES string of the molecule is CC(C)C(=O)[C@H](CNC1CCCCC1)c1ccc(Cl)cc1.CC(C)C(=O)[C@H](CN[C@H]1CCOC1)c1ccc(Cl)cc1.COC1CCC(NC[C@@H](C(=O)C(C)C)c2ccc(Cl)cc2)CC1.COc1ccc([C@@H](CNC2CCOCC2)C(=O)C(C)C)cc1F.Cc1ccc([C@@H](CNC2CCOCC2)C(=O)C(C)C)cc1F. The molecule has 0 radical (unpaired) electrons. The first kappa shape index (κ1) is 92.5. The first-order valence-corrected chi connectivity index (χ1v) is 41.3. The first-order chi connectivity index (χ1) is 52.2. The fourth-order valence-corrected chi connectivity index (χ4v) is 14.8. The van der Waals surface area contributed by atoms with Gasteiger partial charge < -0.3 is 50.3 Å². The van der Waals surface area contributed by atoms with Crippen molar-refractivity contribution in [2.24, 2.45) is 29.6 Å². The van der Waals surface area contributed by atoms with E-state index in [0.717, 1.165) is 131 Å². The lowest BCUT2D eigenvalue weighted by atomic mass is 9.87. The van der Waals surface area contributed by atoms with Gasteiger partial charge in [-0.1, -0.05) is 178 Å².